The van der Waals surface area contributed by atoms with Gasteiger partial charge in [-0.2, -0.15) is 0 Å². The second kappa shape index (κ2) is 9.04. The third-order valence-corrected chi connectivity index (χ3v) is 4.42. The Bertz CT molecular complexity index is 901. The summed E-state index contributed by atoms with van der Waals surface area (Å²) in [5, 5.41) is 11.1. The number of hydrogen-bond donors (Lipinski definition) is 1. The number of methoxy groups -OCH3 is 2. The number of ether oxygens (including phenoxy) is 2. The number of benzene rings is 1. The van der Waals surface area contributed by atoms with Gasteiger partial charge >= 0.3 is 0 Å². The molecule has 140 valence electrons. The van der Waals surface area contributed by atoms with Crippen LogP contribution in [0.1, 0.15) is 5.56 Å². The first-order chi connectivity index (χ1) is 13.2. The highest BCUT2D eigenvalue weighted by molar-refractivity contribution is 7.99. The van der Waals surface area contributed by atoms with Crippen molar-refractivity contribution in [3.05, 3.63) is 48.3 Å². The van der Waals surface area contributed by atoms with Gasteiger partial charge < -0.3 is 19.2 Å². The lowest BCUT2D eigenvalue weighted by Crippen LogP contribution is -2.24. The Labute approximate surface area is 160 Å². The highest BCUT2D eigenvalue weighted by atomic mass is 32.2. The molecule has 1 N–H and O–H groups in total. The minimum absolute atomic E-state index is 0.154. The zero-order valence-electron chi connectivity index (χ0n) is 14.8. The monoisotopic (exact) mass is 386 g/mol. The maximum Gasteiger partial charge on any atom is 0.277 e. The van der Waals surface area contributed by atoms with Gasteiger partial charge in [0.2, 0.25) is 11.8 Å². The largest absolute Gasteiger partial charge is 0.493 e. The third-order valence-electron chi connectivity index (χ3n) is 3.60. The van der Waals surface area contributed by atoms with Crippen molar-refractivity contribution in [3.8, 4) is 23.0 Å². The van der Waals surface area contributed by atoms with E-state index >= 15 is 0 Å². The summed E-state index contributed by atoms with van der Waals surface area (Å²) in [6.45, 7) is 0.324. The molecule has 0 bridgehead atoms. The summed E-state index contributed by atoms with van der Waals surface area (Å²) < 4.78 is 16.1. The van der Waals surface area contributed by atoms with E-state index in [-0.39, 0.29) is 11.7 Å². The number of amides is 1. The number of thioether (sulfide) groups is 1. The molecule has 0 aliphatic rings. The van der Waals surface area contributed by atoms with Crippen LogP contribution in [-0.2, 0) is 11.3 Å². The summed E-state index contributed by atoms with van der Waals surface area (Å²) in [5.41, 5.74) is 1.55. The number of para-hydroxylation sites is 1. The highest BCUT2D eigenvalue weighted by Crippen LogP contribution is 2.30. The van der Waals surface area contributed by atoms with Crippen molar-refractivity contribution in [1.29, 1.82) is 0 Å². The van der Waals surface area contributed by atoms with Crippen LogP contribution >= 0.6 is 11.8 Å². The van der Waals surface area contributed by atoms with Gasteiger partial charge in [0.05, 0.1) is 25.5 Å². The minimum atomic E-state index is -0.161. The maximum absolute atomic E-state index is 12.1. The van der Waals surface area contributed by atoms with Crippen LogP contribution in [0, 0.1) is 0 Å². The van der Waals surface area contributed by atoms with E-state index in [9.17, 15) is 4.79 Å². The van der Waals surface area contributed by atoms with Gasteiger partial charge in [0.25, 0.3) is 5.22 Å². The summed E-state index contributed by atoms with van der Waals surface area (Å²) >= 11 is 1.17. The van der Waals surface area contributed by atoms with Gasteiger partial charge in [-0.3, -0.25) is 9.78 Å². The van der Waals surface area contributed by atoms with Gasteiger partial charge in [0, 0.05) is 24.5 Å². The number of carbonyl (C=O) groups is 1. The zero-order valence-corrected chi connectivity index (χ0v) is 15.7. The minimum Gasteiger partial charge on any atom is -0.493 e. The number of pyridine rings is 1. The fourth-order valence-electron chi connectivity index (χ4n) is 2.34. The molecule has 0 saturated heterocycles. The van der Waals surface area contributed by atoms with Gasteiger partial charge in [-0.25, -0.2) is 0 Å². The Balaban J connectivity index is 1.53. The first-order valence-electron chi connectivity index (χ1n) is 8.04. The number of nitrogens with one attached hydrogen (secondary N) is 1. The fourth-order valence-corrected chi connectivity index (χ4v) is 2.93. The Hall–Kier alpha value is -3.07. The molecule has 0 atom stereocenters. The molecule has 0 aliphatic carbocycles. The molecule has 27 heavy (non-hydrogen) atoms. The van der Waals surface area contributed by atoms with Crippen LogP contribution in [0.3, 0.4) is 0 Å². The lowest BCUT2D eigenvalue weighted by atomic mass is 10.2. The topological polar surface area (TPSA) is 99.4 Å². The number of hydrogen-bond acceptors (Lipinski definition) is 8. The molecule has 2 aromatic heterocycles. The second-order valence-corrected chi connectivity index (χ2v) is 6.26. The molecule has 1 amide bonds. The molecule has 3 aromatic rings. The van der Waals surface area contributed by atoms with E-state index in [1.54, 1.807) is 38.7 Å². The molecule has 0 aliphatic heterocycles. The van der Waals surface area contributed by atoms with Crippen molar-refractivity contribution >= 4 is 17.7 Å². The smallest absolute Gasteiger partial charge is 0.277 e. The van der Waals surface area contributed by atoms with Crippen molar-refractivity contribution in [2.45, 2.75) is 11.8 Å². The van der Waals surface area contributed by atoms with Crippen LogP contribution in [0.4, 0.5) is 0 Å². The Morgan fingerprint density at radius 3 is 2.81 bits per heavy atom. The predicted molar refractivity (Wildman–Crippen MR) is 99.6 cm³/mol. The molecule has 3 rings (SSSR count). The molecule has 2 heterocycles. The van der Waals surface area contributed by atoms with E-state index in [1.165, 1.54) is 11.8 Å². The van der Waals surface area contributed by atoms with Crippen LogP contribution in [0.15, 0.2) is 52.4 Å². The second-order valence-electron chi connectivity index (χ2n) is 5.33. The van der Waals surface area contributed by atoms with E-state index < -0.39 is 0 Å². The molecule has 8 nitrogen and oxygen atoms in total. The summed E-state index contributed by atoms with van der Waals surface area (Å²) in [5.74, 6) is 1.58. The molecule has 0 radical (unpaired) electrons. The average molecular weight is 386 g/mol. The maximum atomic E-state index is 12.1. The van der Waals surface area contributed by atoms with Gasteiger partial charge in [0.1, 0.15) is 0 Å². The standard InChI is InChI=1S/C18H18N4O4S/c1-24-14-7-3-5-12(16(14)25-2)10-20-15(23)11-27-18-22-21-17(26-18)13-6-4-8-19-9-13/h3-9H,10-11H2,1-2H3,(H,20,23). The number of aromatic nitrogens is 3. The highest BCUT2D eigenvalue weighted by Gasteiger charge is 2.13. The molecular weight excluding hydrogens is 368 g/mol. The summed E-state index contributed by atoms with van der Waals surface area (Å²) in [6.07, 6.45) is 3.30. The quantitative estimate of drug-likeness (QED) is 0.590. The molecule has 0 unspecified atom stereocenters. The summed E-state index contributed by atoms with van der Waals surface area (Å²) in [4.78, 5) is 16.1. The lowest BCUT2D eigenvalue weighted by molar-refractivity contribution is -0.118. The number of rotatable bonds is 8. The van der Waals surface area contributed by atoms with Crippen LogP contribution < -0.4 is 14.8 Å². The van der Waals surface area contributed by atoms with Gasteiger partial charge in [-0.1, -0.05) is 23.9 Å². The van der Waals surface area contributed by atoms with Crippen LogP contribution in [0.2, 0.25) is 0 Å². The molecule has 0 fully saturated rings. The molecule has 1 aromatic carbocycles. The fraction of sp³-hybridized carbons (Fsp3) is 0.222. The predicted octanol–water partition coefficient (Wildman–Crippen LogP) is 2.56. The Kier molecular flexibility index (Phi) is 6.26. The summed E-state index contributed by atoms with van der Waals surface area (Å²) in [7, 11) is 3.13. The van der Waals surface area contributed by atoms with Gasteiger partial charge in [0.15, 0.2) is 11.5 Å². The van der Waals surface area contributed by atoms with Crippen molar-refractivity contribution in [2.24, 2.45) is 0 Å². The van der Waals surface area contributed by atoms with E-state index in [1.807, 2.05) is 18.2 Å². The lowest BCUT2D eigenvalue weighted by Gasteiger charge is -2.12. The van der Waals surface area contributed by atoms with E-state index in [4.69, 9.17) is 13.9 Å². The zero-order chi connectivity index (χ0) is 19.1. The Morgan fingerprint density at radius 1 is 1.19 bits per heavy atom. The van der Waals surface area contributed by atoms with E-state index in [0.717, 1.165) is 11.1 Å². The first kappa shape index (κ1) is 18.7. The van der Waals surface area contributed by atoms with Crippen LogP contribution in [0.25, 0.3) is 11.5 Å². The van der Waals surface area contributed by atoms with Crippen LogP contribution in [-0.4, -0.2) is 41.1 Å². The average Bonchev–Trinajstić information content (AvgIpc) is 3.20. The van der Waals surface area contributed by atoms with Gasteiger partial charge in [-0.05, 0) is 18.2 Å². The Morgan fingerprint density at radius 2 is 2.07 bits per heavy atom. The third kappa shape index (κ3) is 4.76. The van der Waals surface area contributed by atoms with Crippen LogP contribution in [0.5, 0.6) is 11.5 Å². The molecule has 9 heteroatoms. The SMILES string of the molecule is COc1cccc(CNC(=O)CSc2nnc(-c3cccnc3)o2)c1OC. The number of nitrogens with zero attached hydrogens (tertiary/aromatic N) is 3. The van der Waals surface area contributed by atoms with E-state index in [0.29, 0.717) is 29.2 Å². The van der Waals surface area contributed by atoms with Gasteiger partial charge in [-0.15, -0.1) is 10.2 Å². The van der Waals surface area contributed by atoms with Crippen molar-refractivity contribution < 1.29 is 18.7 Å². The van der Waals surface area contributed by atoms with Crippen molar-refractivity contribution in [3.63, 3.8) is 0 Å². The molecular formula is C18H18N4O4S. The van der Waals surface area contributed by atoms with E-state index in [2.05, 4.69) is 20.5 Å². The normalized spacial score (nSPS) is 10.4. The molecule has 0 spiro atoms. The number of carbonyl (C=O) groups excluding carboxylic acids is 1. The first-order valence-corrected chi connectivity index (χ1v) is 9.03. The molecule has 0 saturated carbocycles. The van der Waals surface area contributed by atoms with Crippen molar-refractivity contribution in [1.82, 2.24) is 20.5 Å². The summed E-state index contributed by atoms with van der Waals surface area (Å²) in [6, 6.07) is 9.12. The van der Waals surface area contributed by atoms with Crippen molar-refractivity contribution in [2.75, 3.05) is 20.0 Å².